The molecule has 0 aliphatic carbocycles. The van der Waals surface area contributed by atoms with Gasteiger partial charge < -0.3 is 20.1 Å². The molecule has 0 heterocycles. The molecule has 0 bridgehead atoms. The van der Waals surface area contributed by atoms with Crippen LogP contribution < -0.4 is 15.4 Å². The number of hydrogen-bond donors (Lipinski definition) is 2. The highest BCUT2D eigenvalue weighted by Gasteiger charge is 2.13. The van der Waals surface area contributed by atoms with E-state index in [0.29, 0.717) is 13.2 Å². The van der Waals surface area contributed by atoms with Crippen LogP contribution >= 0.6 is 0 Å². The molecule has 6 heteroatoms. The van der Waals surface area contributed by atoms with Crippen molar-refractivity contribution >= 4 is 17.9 Å². The molecule has 0 aromatic heterocycles. The first-order valence-electron chi connectivity index (χ1n) is 9.05. The van der Waals surface area contributed by atoms with Gasteiger partial charge in [-0.2, -0.15) is 0 Å². The summed E-state index contributed by atoms with van der Waals surface area (Å²) in [4.78, 5) is 23.9. The molecule has 1 rings (SSSR count). The molecule has 144 valence electrons. The quantitative estimate of drug-likeness (QED) is 0.442. The second-order valence-electron chi connectivity index (χ2n) is 5.95. The number of unbranched alkanes of at least 4 members (excludes halogenated alkanes) is 1. The van der Waals surface area contributed by atoms with Crippen LogP contribution in [0.25, 0.3) is 6.08 Å². The highest BCUT2D eigenvalue weighted by molar-refractivity contribution is 5.95. The van der Waals surface area contributed by atoms with Gasteiger partial charge in [-0.3, -0.25) is 9.59 Å². The summed E-state index contributed by atoms with van der Waals surface area (Å²) in [6, 6.07) is 6.74. The van der Waals surface area contributed by atoms with Crippen molar-refractivity contribution in [2.24, 2.45) is 0 Å². The van der Waals surface area contributed by atoms with E-state index in [-0.39, 0.29) is 11.8 Å². The van der Waals surface area contributed by atoms with E-state index >= 15 is 0 Å². The van der Waals surface area contributed by atoms with Crippen LogP contribution in [0, 0.1) is 0 Å². The molecule has 0 fully saturated rings. The Bertz CT molecular complexity index is 570. The highest BCUT2D eigenvalue weighted by atomic mass is 16.5. The monoisotopic (exact) mass is 362 g/mol. The lowest BCUT2D eigenvalue weighted by Gasteiger charge is -2.13. The van der Waals surface area contributed by atoms with E-state index in [0.717, 1.165) is 37.2 Å². The highest BCUT2D eigenvalue weighted by Crippen LogP contribution is 2.12. The van der Waals surface area contributed by atoms with E-state index in [9.17, 15) is 9.59 Å². The third kappa shape index (κ3) is 9.22. The van der Waals surface area contributed by atoms with Crippen LogP contribution in [-0.2, 0) is 14.3 Å². The Hall–Kier alpha value is -2.34. The molecule has 1 aromatic rings. The molecule has 26 heavy (non-hydrogen) atoms. The minimum Gasteiger partial charge on any atom is -0.497 e. The van der Waals surface area contributed by atoms with Crippen LogP contribution in [0.1, 0.15) is 38.7 Å². The van der Waals surface area contributed by atoms with E-state index in [2.05, 4.69) is 17.6 Å². The number of hydrogen-bond acceptors (Lipinski definition) is 4. The largest absolute Gasteiger partial charge is 0.497 e. The summed E-state index contributed by atoms with van der Waals surface area (Å²) >= 11 is 0. The summed E-state index contributed by atoms with van der Waals surface area (Å²) in [6.07, 6.45) is 6.02. The Labute approximate surface area is 156 Å². The molecule has 6 nitrogen and oxygen atoms in total. The maximum absolute atomic E-state index is 12.0. The fourth-order valence-electron chi connectivity index (χ4n) is 2.10. The third-order valence-corrected chi connectivity index (χ3v) is 3.70. The summed E-state index contributed by atoms with van der Waals surface area (Å²) in [5.41, 5.74) is 0.876. The summed E-state index contributed by atoms with van der Waals surface area (Å²) in [5, 5.41) is 5.44. The van der Waals surface area contributed by atoms with E-state index < -0.39 is 6.04 Å². The predicted molar refractivity (Wildman–Crippen MR) is 103 cm³/mol. The second kappa shape index (κ2) is 12.9. The van der Waals surface area contributed by atoms with Gasteiger partial charge in [0.05, 0.1) is 7.11 Å². The van der Waals surface area contributed by atoms with Gasteiger partial charge in [-0.1, -0.05) is 25.5 Å². The Kier molecular flexibility index (Phi) is 10.8. The normalized spacial score (nSPS) is 12.0. The van der Waals surface area contributed by atoms with Crippen LogP contribution in [0.5, 0.6) is 5.75 Å². The molecular weight excluding hydrogens is 332 g/mol. The van der Waals surface area contributed by atoms with Gasteiger partial charge in [-0.25, -0.2) is 0 Å². The lowest BCUT2D eigenvalue weighted by molar-refractivity contribution is -0.126. The van der Waals surface area contributed by atoms with Gasteiger partial charge in [-0.15, -0.1) is 0 Å². The Balaban J connectivity index is 2.25. The summed E-state index contributed by atoms with van der Waals surface area (Å²) in [6.45, 7) is 5.70. The van der Waals surface area contributed by atoms with Crippen LogP contribution in [0.3, 0.4) is 0 Å². The molecule has 1 atom stereocenters. The van der Waals surface area contributed by atoms with Gasteiger partial charge >= 0.3 is 0 Å². The molecule has 0 saturated heterocycles. The molecule has 0 saturated carbocycles. The molecule has 0 aliphatic rings. The van der Waals surface area contributed by atoms with E-state index in [1.807, 2.05) is 24.3 Å². The zero-order valence-corrected chi connectivity index (χ0v) is 15.9. The lowest BCUT2D eigenvalue weighted by atomic mass is 10.2. The second-order valence-corrected chi connectivity index (χ2v) is 5.95. The Morgan fingerprint density at radius 3 is 2.50 bits per heavy atom. The lowest BCUT2D eigenvalue weighted by Crippen LogP contribution is -2.44. The molecule has 2 N–H and O–H groups in total. The zero-order chi connectivity index (χ0) is 19.2. The first-order valence-corrected chi connectivity index (χ1v) is 9.05. The van der Waals surface area contributed by atoms with Crippen molar-refractivity contribution < 1.29 is 19.1 Å². The van der Waals surface area contributed by atoms with Crippen molar-refractivity contribution in [3.63, 3.8) is 0 Å². The van der Waals surface area contributed by atoms with Crippen LogP contribution in [0.2, 0.25) is 0 Å². The van der Waals surface area contributed by atoms with Crippen molar-refractivity contribution in [2.45, 2.75) is 39.2 Å². The Morgan fingerprint density at radius 2 is 1.85 bits per heavy atom. The number of ether oxygens (including phenoxy) is 2. The molecule has 1 unspecified atom stereocenters. The fourth-order valence-corrected chi connectivity index (χ4v) is 2.10. The van der Waals surface area contributed by atoms with Crippen LogP contribution in [-0.4, -0.2) is 44.7 Å². The van der Waals surface area contributed by atoms with E-state index in [4.69, 9.17) is 9.47 Å². The number of benzene rings is 1. The Morgan fingerprint density at radius 1 is 1.15 bits per heavy atom. The number of amides is 2. The van der Waals surface area contributed by atoms with Crippen molar-refractivity contribution in [3.05, 3.63) is 35.9 Å². The average Bonchev–Trinajstić information content (AvgIpc) is 2.65. The number of methoxy groups -OCH3 is 1. The van der Waals surface area contributed by atoms with Gasteiger partial charge in [0.2, 0.25) is 11.8 Å². The summed E-state index contributed by atoms with van der Waals surface area (Å²) in [5.74, 6) is 0.240. The predicted octanol–water partition coefficient (Wildman–Crippen LogP) is 2.54. The fraction of sp³-hybridized carbons (Fsp3) is 0.500. The maximum atomic E-state index is 12.0. The number of nitrogens with one attached hydrogen (secondary N) is 2. The van der Waals surface area contributed by atoms with Gasteiger partial charge in [0.25, 0.3) is 0 Å². The van der Waals surface area contributed by atoms with Gasteiger partial charge in [0, 0.05) is 25.8 Å². The number of rotatable bonds is 12. The summed E-state index contributed by atoms with van der Waals surface area (Å²) in [7, 11) is 1.60. The molecule has 0 spiro atoms. The first kappa shape index (κ1) is 21.7. The molecule has 2 amide bonds. The molecular formula is C20H30N2O4. The maximum Gasteiger partial charge on any atom is 0.244 e. The molecule has 1 aromatic carbocycles. The molecule has 0 aliphatic heterocycles. The van der Waals surface area contributed by atoms with Crippen molar-refractivity contribution in [1.29, 1.82) is 0 Å². The SMILES string of the molecule is CCCCOCCCNC(=O)C(C)NC(=O)/C=C/c1ccc(OC)cc1. The first-order chi connectivity index (χ1) is 12.6. The van der Waals surface area contributed by atoms with Crippen molar-refractivity contribution in [2.75, 3.05) is 26.9 Å². The minimum absolute atomic E-state index is 0.204. The van der Waals surface area contributed by atoms with Crippen molar-refractivity contribution in [1.82, 2.24) is 10.6 Å². The average molecular weight is 362 g/mol. The topological polar surface area (TPSA) is 76.7 Å². The minimum atomic E-state index is -0.593. The van der Waals surface area contributed by atoms with Crippen LogP contribution in [0.4, 0.5) is 0 Å². The van der Waals surface area contributed by atoms with E-state index in [1.165, 1.54) is 6.08 Å². The zero-order valence-electron chi connectivity index (χ0n) is 15.9. The standard InChI is InChI=1S/C20H30N2O4/c1-4-5-14-26-15-6-13-21-20(24)16(2)22-19(23)12-9-17-7-10-18(25-3)11-8-17/h7-12,16H,4-6,13-15H2,1-3H3,(H,21,24)(H,22,23)/b12-9+. The van der Waals surface area contributed by atoms with Gasteiger partial charge in [-0.05, 0) is 43.5 Å². The van der Waals surface area contributed by atoms with Crippen LogP contribution in [0.15, 0.2) is 30.3 Å². The van der Waals surface area contributed by atoms with Gasteiger partial charge in [0.15, 0.2) is 0 Å². The van der Waals surface area contributed by atoms with Crippen molar-refractivity contribution in [3.8, 4) is 5.75 Å². The number of carbonyl (C=O) groups is 2. The van der Waals surface area contributed by atoms with Gasteiger partial charge in [0.1, 0.15) is 11.8 Å². The number of carbonyl (C=O) groups excluding carboxylic acids is 2. The molecule has 0 radical (unpaired) electrons. The van der Waals surface area contributed by atoms with E-state index in [1.54, 1.807) is 20.1 Å². The summed E-state index contributed by atoms with van der Waals surface area (Å²) < 4.78 is 10.5. The smallest absolute Gasteiger partial charge is 0.244 e. The third-order valence-electron chi connectivity index (χ3n) is 3.70.